The van der Waals surface area contributed by atoms with Gasteiger partial charge in [0.2, 0.25) is 0 Å². The molecular formula is C16H15ClN2O. The summed E-state index contributed by atoms with van der Waals surface area (Å²) < 4.78 is 1.99. The predicted molar refractivity (Wildman–Crippen MR) is 82.1 cm³/mol. The molecule has 0 aliphatic rings. The topological polar surface area (TPSA) is 38.0 Å². The summed E-state index contributed by atoms with van der Waals surface area (Å²) in [5.74, 6) is 0.255. The number of hydrogen-bond donors (Lipinski definition) is 1. The summed E-state index contributed by atoms with van der Waals surface area (Å²) in [7, 11) is 0. The second-order valence-electron chi connectivity index (χ2n) is 4.75. The highest BCUT2D eigenvalue weighted by atomic mass is 35.5. The van der Waals surface area contributed by atoms with E-state index in [4.69, 9.17) is 11.6 Å². The van der Waals surface area contributed by atoms with Crippen LogP contribution in [0.3, 0.4) is 0 Å². The molecule has 3 aromatic rings. The minimum absolute atomic E-state index is 0.255. The van der Waals surface area contributed by atoms with Crippen molar-refractivity contribution in [1.82, 2.24) is 9.78 Å². The van der Waals surface area contributed by atoms with Crippen LogP contribution in [0.15, 0.2) is 42.5 Å². The molecule has 0 unspecified atom stereocenters. The van der Waals surface area contributed by atoms with Crippen LogP contribution in [0, 0.1) is 0 Å². The van der Waals surface area contributed by atoms with Gasteiger partial charge in [0, 0.05) is 17.5 Å². The van der Waals surface area contributed by atoms with E-state index in [1.54, 1.807) is 12.1 Å². The van der Waals surface area contributed by atoms with Gasteiger partial charge in [-0.2, -0.15) is 5.10 Å². The highest BCUT2D eigenvalue weighted by Crippen LogP contribution is 2.34. The van der Waals surface area contributed by atoms with Gasteiger partial charge >= 0.3 is 0 Å². The van der Waals surface area contributed by atoms with E-state index in [-0.39, 0.29) is 5.75 Å². The Bertz CT molecular complexity index is 747. The number of phenols is 1. The van der Waals surface area contributed by atoms with Crippen molar-refractivity contribution < 1.29 is 5.11 Å². The summed E-state index contributed by atoms with van der Waals surface area (Å²) in [6, 6.07) is 12.9. The molecule has 0 fully saturated rings. The van der Waals surface area contributed by atoms with Gasteiger partial charge in [-0.1, -0.05) is 24.6 Å². The summed E-state index contributed by atoms with van der Waals surface area (Å²) in [6.07, 6.45) is 0.997. The van der Waals surface area contributed by atoms with E-state index in [0.717, 1.165) is 35.1 Å². The number of fused-ring (bicyclic) bond motifs is 1. The Hall–Kier alpha value is -2.00. The van der Waals surface area contributed by atoms with E-state index >= 15 is 0 Å². The smallest absolute Gasteiger partial charge is 0.115 e. The molecule has 0 saturated carbocycles. The van der Waals surface area contributed by atoms with Crippen LogP contribution in [0.5, 0.6) is 5.75 Å². The van der Waals surface area contributed by atoms with E-state index in [0.29, 0.717) is 5.02 Å². The first-order chi connectivity index (χ1) is 9.70. The van der Waals surface area contributed by atoms with Crippen molar-refractivity contribution in [3.05, 3.63) is 47.5 Å². The van der Waals surface area contributed by atoms with Crippen molar-refractivity contribution in [3.8, 4) is 17.0 Å². The van der Waals surface area contributed by atoms with Gasteiger partial charge in [-0.25, -0.2) is 0 Å². The fraction of sp³-hybridized carbons (Fsp3) is 0.188. The van der Waals surface area contributed by atoms with Crippen LogP contribution in [0.25, 0.3) is 22.2 Å². The fourth-order valence-electron chi connectivity index (χ4n) is 2.43. The van der Waals surface area contributed by atoms with Crippen LogP contribution in [-0.4, -0.2) is 14.9 Å². The van der Waals surface area contributed by atoms with Gasteiger partial charge in [0.15, 0.2) is 0 Å². The van der Waals surface area contributed by atoms with E-state index in [1.807, 2.05) is 35.0 Å². The zero-order chi connectivity index (χ0) is 14.1. The molecule has 3 rings (SSSR count). The first kappa shape index (κ1) is 13.0. The second kappa shape index (κ2) is 5.17. The third-order valence-corrected chi connectivity index (χ3v) is 3.61. The number of phenolic OH excluding ortho intramolecular Hbond substituents is 1. The lowest BCUT2D eigenvalue weighted by Crippen LogP contribution is -2.01. The first-order valence-electron chi connectivity index (χ1n) is 6.65. The maximum Gasteiger partial charge on any atom is 0.115 e. The maximum absolute atomic E-state index is 9.45. The Morgan fingerprint density at radius 1 is 1.15 bits per heavy atom. The van der Waals surface area contributed by atoms with E-state index in [1.165, 1.54) is 0 Å². The van der Waals surface area contributed by atoms with Crippen molar-refractivity contribution >= 4 is 22.5 Å². The zero-order valence-electron chi connectivity index (χ0n) is 11.2. The number of rotatable bonds is 3. The van der Waals surface area contributed by atoms with Crippen LogP contribution in [0.1, 0.15) is 13.3 Å². The van der Waals surface area contributed by atoms with Crippen LogP contribution < -0.4 is 0 Å². The standard InChI is InChI=1S/C16H15ClN2O/c1-2-10-19-16(11-6-8-12(20)9-7-11)15-13(17)4-3-5-14(15)18-19/h3-9,20H,2,10H2,1H3. The van der Waals surface area contributed by atoms with Crippen LogP contribution in [-0.2, 0) is 6.54 Å². The van der Waals surface area contributed by atoms with Crippen LogP contribution in [0.2, 0.25) is 5.02 Å². The Kier molecular flexibility index (Phi) is 3.36. The van der Waals surface area contributed by atoms with E-state index in [2.05, 4.69) is 12.0 Å². The summed E-state index contributed by atoms with van der Waals surface area (Å²) in [5, 5.41) is 15.7. The third kappa shape index (κ3) is 2.14. The van der Waals surface area contributed by atoms with Gasteiger partial charge in [-0.05, 0) is 42.8 Å². The largest absolute Gasteiger partial charge is 0.508 e. The fourth-order valence-corrected chi connectivity index (χ4v) is 2.68. The molecule has 1 N–H and O–H groups in total. The molecule has 0 saturated heterocycles. The normalized spacial score (nSPS) is 11.1. The van der Waals surface area contributed by atoms with Gasteiger partial charge in [0.05, 0.1) is 16.2 Å². The average molecular weight is 287 g/mol. The lowest BCUT2D eigenvalue weighted by molar-refractivity contribution is 0.475. The Balaban J connectivity index is 2.30. The lowest BCUT2D eigenvalue weighted by Gasteiger charge is -2.07. The van der Waals surface area contributed by atoms with Crippen molar-refractivity contribution in [2.45, 2.75) is 19.9 Å². The summed E-state index contributed by atoms with van der Waals surface area (Å²) >= 11 is 6.35. The van der Waals surface area contributed by atoms with Crippen molar-refractivity contribution in [2.75, 3.05) is 0 Å². The predicted octanol–water partition coefficient (Wildman–Crippen LogP) is 4.47. The number of halogens is 1. The number of benzene rings is 2. The highest BCUT2D eigenvalue weighted by molar-refractivity contribution is 6.36. The molecule has 0 radical (unpaired) electrons. The molecular weight excluding hydrogens is 272 g/mol. The average Bonchev–Trinajstić information content (AvgIpc) is 2.80. The Morgan fingerprint density at radius 3 is 2.60 bits per heavy atom. The molecule has 0 amide bonds. The molecule has 0 aliphatic heterocycles. The van der Waals surface area contributed by atoms with Gasteiger partial charge in [0.25, 0.3) is 0 Å². The quantitative estimate of drug-likeness (QED) is 0.771. The van der Waals surface area contributed by atoms with Crippen molar-refractivity contribution in [3.63, 3.8) is 0 Å². The Labute approximate surface area is 122 Å². The molecule has 1 heterocycles. The van der Waals surface area contributed by atoms with Crippen LogP contribution >= 0.6 is 11.6 Å². The highest BCUT2D eigenvalue weighted by Gasteiger charge is 2.15. The summed E-state index contributed by atoms with van der Waals surface area (Å²) in [5.41, 5.74) is 2.91. The van der Waals surface area contributed by atoms with E-state index in [9.17, 15) is 5.11 Å². The molecule has 20 heavy (non-hydrogen) atoms. The molecule has 102 valence electrons. The third-order valence-electron chi connectivity index (χ3n) is 3.29. The van der Waals surface area contributed by atoms with Gasteiger partial charge in [0.1, 0.15) is 5.75 Å². The maximum atomic E-state index is 9.45. The molecule has 0 aliphatic carbocycles. The molecule has 0 spiro atoms. The zero-order valence-corrected chi connectivity index (χ0v) is 11.9. The van der Waals surface area contributed by atoms with Gasteiger partial charge in [-0.15, -0.1) is 0 Å². The lowest BCUT2D eigenvalue weighted by atomic mass is 10.1. The number of aromatic nitrogens is 2. The molecule has 3 nitrogen and oxygen atoms in total. The number of hydrogen-bond acceptors (Lipinski definition) is 2. The van der Waals surface area contributed by atoms with Gasteiger partial charge < -0.3 is 5.11 Å². The van der Waals surface area contributed by atoms with E-state index < -0.39 is 0 Å². The van der Waals surface area contributed by atoms with Crippen LogP contribution in [0.4, 0.5) is 0 Å². The molecule has 0 atom stereocenters. The summed E-state index contributed by atoms with van der Waals surface area (Å²) in [6.45, 7) is 2.95. The second-order valence-corrected chi connectivity index (χ2v) is 5.16. The first-order valence-corrected chi connectivity index (χ1v) is 7.03. The van der Waals surface area contributed by atoms with Crippen molar-refractivity contribution in [1.29, 1.82) is 0 Å². The number of aromatic hydroxyl groups is 1. The SMILES string of the molecule is CCCn1nc2cccc(Cl)c2c1-c1ccc(O)cc1. The monoisotopic (exact) mass is 286 g/mol. The number of nitrogens with zero attached hydrogens (tertiary/aromatic N) is 2. The minimum Gasteiger partial charge on any atom is -0.508 e. The van der Waals surface area contributed by atoms with Gasteiger partial charge in [-0.3, -0.25) is 4.68 Å². The number of aryl methyl sites for hydroxylation is 1. The Morgan fingerprint density at radius 2 is 1.90 bits per heavy atom. The summed E-state index contributed by atoms with van der Waals surface area (Å²) in [4.78, 5) is 0. The van der Waals surface area contributed by atoms with Crippen molar-refractivity contribution in [2.24, 2.45) is 0 Å². The molecule has 1 aromatic heterocycles. The molecule has 4 heteroatoms. The molecule has 2 aromatic carbocycles. The molecule has 0 bridgehead atoms. The minimum atomic E-state index is 0.255.